The molecular formula is C11H8F4N4O. The van der Waals surface area contributed by atoms with Crippen LogP contribution in [0, 0.1) is 5.82 Å². The standard InChI is InChI=1S/C11H8F4N4O/c12-7-1-6(2-16-3-7)8-4-17-10(18-5-20)9(19-8)11(13,14)15/h1-4,20H,5H2,(H,17,18). The first-order valence-electron chi connectivity index (χ1n) is 5.31. The quantitative estimate of drug-likeness (QED) is 0.668. The summed E-state index contributed by atoms with van der Waals surface area (Å²) in [6.45, 7) is -0.724. The zero-order valence-electron chi connectivity index (χ0n) is 9.82. The van der Waals surface area contributed by atoms with E-state index in [-0.39, 0.29) is 11.3 Å². The largest absolute Gasteiger partial charge is 0.437 e. The Morgan fingerprint density at radius 3 is 2.55 bits per heavy atom. The molecule has 0 saturated carbocycles. The summed E-state index contributed by atoms with van der Waals surface area (Å²) in [5, 5.41) is 10.7. The van der Waals surface area contributed by atoms with Gasteiger partial charge < -0.3 is 10.4 Å². The normalized spacial score (nSPS) is 11.4. The molecule has 0 radical (unpaired) electrons. The molecule has 0 fully saturated rings. The van der Waals surface area contributed by atoms with E-state index < -0.39 is 30.2 Å². The monoisotopic (exact) mass is 288 g/mol. The summed E-state index contributed by atoms with van der Waals surface area (Å²) < 4.78 is 51.5. The van der Waals surface area contributed by atoms with Crippen LogP contribution in [0.1, 0.15) is 5.69 Å². The number of hydrogen-bond acceptors (Lipinski definition) is 5. The van der Waals surface area contributed by atoms with Crippen molar-refractivity contribution in [2.75, 3.05) is 12.0 Å². The van der Waals surface area contributed by atoms with Gasteiger partial charge in [0.2, 0.25) is 0 Å². The molecule has 5 nitrogen and oxygen atoms in total. The maximum absolute atomic E-state index is 13.0. The highest BCUT2D eigenvalue weighted by Gasteiger charge is 2.37. The molecular weight excluding hydrogens is 280 g/mol. The van der Waals surface area contributed by atoms with Gasteiger partial charge in [-0.25, -0.2) is 14.4 Å². The van der Waals surface area contributed by atoms with Gasteiger partial charge in [-0.3, -0.25) is 4.98 Å². The lowest BCUT2D eigenvalue weighted by Gasteiger charge is -2.12. The Hall–Kier alpha value is -2.29. The van der Waals surface area contributed by atoms with E-state index in [9.17, 15) is 17.6 Å². The third kappa shape index (κ3) is 2.99. The smallest absolute Gasteiger partial charge is 0.377 e. The minimum Gasteiger partial charge on any atom is -0.377 e. The van der Waals surface area contributed by atoms with Crippen LogP contribution in [0.2, 0.25) is 0 Å². The van der Waals surface area contributed by atoms with Gasteiger partial charge in [-0.05, 0) is 6.07 Å². The van der Waals surface area contributed by atoms with Crippen molar-refractivity contribution in [1.82, 2.24) is 15.0 Å². The zero-order chi connectivity index (χ0) is 14.8. The number of rotatable bonds is 3. The van der Waals surface area contributed by atoms with E-state index in [1.807, 2.05) is 5.32 Å². The molecule has 106 valence electrons. The molecule has 0 aliphatic heterocycles. The van der Waals surface area contributed by atoms with Gasteiger partial charge in [0.15, 0.2) is 11.5 Å². The average Bonchev–Trinajstić information content (AvgIpc) is 2.38. The molecule has 9 heteroatoms. The number of hydrogen-bond donors (Lipinski definition) is 2. The van der Waals surface area contributed by atoms with Crippen LogP contribution < -0.4 is 5.32 Å². The predicted molar refractivity (Wildman–Crippen MR) is 60.9 cm³/mol. The van der Waals surface area contributed by atoms with Gasteiger partial charge in [0.05, 0.1) is 18.1 Å². The number of aliphatic hydroxyl groups is 1. The fourth-order valence-electron chi connectivity index (χ4n) is 1.48. The van der Waals surface area contributed by atoms with E-state index in [0.29, 0.717) is 0 Å². The Balaban J connectivity index is 2.52. The van der Waals surface area contributed by atoms with Gasteiger partial charge in [-0.1, -0.05) is 0 Å². The van der Waals surface area contributed by atoms with Gasteiger partial charge in [-0.15, -0.1) is 0 Å². The van der Waals surface area contributed by atoms with Crippen molar-refractivity contribution in [3.05, 3.63) is 36.2 Å². The van der Waals surface area contributed by atoms with Crippen LogP contribution in [0.25, 0.3) is 11.3 Å². The van der Waals surface area contributed by atoms with Crippen molar-refractivity contribution in [1.29, 1.82) is 0 Å². The van der Waals surface area contributed by atoms with Gasteiger partial charge >= 0.3 is 6.18 Å². The van der Waals surface area contributed by atoms with Crippen LogP contribution in [-0.4, -0.2) is 26.8 Å². The van der Waals surface area contributed by atoms with E-state index in [4.69, 9.17) is 5.11 Å². The number of anilines is 1. The Bertz CT molecular complexity index is 618. The minimum absolute atomic E-state index is 0.0681. The fourth-order valence-corrected chi connectivity index (χ4v) is 1.48. The Morgan fingerprint density at radius 2 is 1.95 bits per heavy atom. The SMILES string of the molecule is OCNc1ncc(-c2cncc(F)c2)nc1C(F)(F)F. The van der Waals surface area contributed by atoms with Crippen molar-refractivity contribution in [2.45, 2.75) is 6.18 Å². The number of alkyl halides is 3. The van der Waals surface area contributed by atoms with Crippen LogP contribution in [-0.2, 0) is 6.18 Å². The van der Waals surface area contributed by atoms with Crippen molar-refractivity contribution >= 4 is 5.82 Å². The molecule has 0 atom stereocenters. The van der Waals surface area contributed by atoms with Crippen LogP contribution >= 0.6 is 0 Å². The minimum atomic E-state index is -4.76. The van der Waals surface area contributed by atoms with Gasteiger partial charge in [-0.2, -0.15) is 13.2 Å². The van der Waals surface area contributed by atoms with E-state index in [1.54, 1.807) is 0 Å². The lowest BCUT2D eigenvalue weighted by Crippen LogP contribution is -2.15. The third-order valence-corrected chi connectivity index (χ3v) is 2.29. The number of aliphatic hydroxyl groups excluding tert-OH is 1. The van der Waals surface area contributed by atoms with E-state index in [1.165, 1.54) is 6.20 Å². The Kier molecular flexibility index (Phi) is 3.79. The topological polar surface area (TPSA) is 70.9 Å². The molecule has 0 spiro atoms. The summed E-state index contributed by atoms with van der Waals surface area (Å²) in [6.07, 6.45) is -1.64. The summed E-state index contributed by atoms with van der Waals surface area (Å²) >= 11 is 0. The molecule has 0 saturated heterocycles. The molecule has 0 unspecified atom stereocenters. The van der Waals surface area contributed by atoms with Crippen LogP contribution in [0.4, 0.5) is 23.4 Å². The lowest BCUT2D eigenvalue weighted by molar-refractivity contribution is -0.140. The molecule has 0 amide bonds. The number of halogens is 4. The average molecular weight is 288 g/mol. The molecule has 0 aromatic carbocycles. The molecule has 2 aromatic rings. The van der Waals surface area contributed by atoms with E-state index in [2.05, 4.69) is 15.0 Å². The maximum atomic E-state index is 13.0. The first kappa shape index (κ1) is 14.1. The molecule has 0 aliphatic rings. The number of nitrogens with one attached hydrogen (secondary N) is 1. The first-order valence-corrected chi connectivity index (χ1v) is 5.31. The van der Waals surface area contributed by atoms with Crippen LogP contribution in [0.5, 0.6) is 0 Å². The summed E-state index contributed by atoms with van der Waals surface area (Å²) in [6, 6.07) is 0.996. The predicted octanol–water partition coefficient (Wildman–Crippen LogP) is 2.06. The number of aromatic nitrogens is 3. The molecule has 0 aliphatic carbocycles. The van der Waals surface area contributed by atoms with E-state index in [0.717, 1.165) is 18.5 Å². The zero-order valence-corrected chi connectivity index (χ0v) is 9.82. The number of pyridine rings is 1. The molecule has 2 aromatic heterocycles. The highest BCUT2D eigenvalue weighted by atomic mass is 19.4. The Morgan fingerprint density at radius 1 is 1.20 bits per heavy atom. The van der Waals surface area contributed by atoms with E-state index >= 15 is 0 Å². The summed E-state index contributed by atoms with van der Waals surface area (Å²) in [7, 11) is 0. The molecule has 20 heavy (non-hydrogen) atoms. The molecule has 0 bridgehead atoms. The summed E-state index contributed by atoms with van der Waals surface area (Å²) in [5.41, 5.74) is -1.40. The molecule has 2 N–H and O–H groups in total. The van der Waals surface area contributed by atoms with Crippen molar-refractivity contribution in [2.24, 2.45) is 0 Å². The second-order valence-corrected chi connectivity index (χ2v) is 3.68. The summed E-state index contributed by atoms with van der Waals surface area (Å²) in [5.74, 6) is -1.30. The second kappa shape index (κ2) is 5.37. The number of nitrogens with zero attached hydrogens (tertiary/aromatic N) is 3. The van der Waals surface area contributed by atoms with Gasteiger partial charge in [0, 0.05) is 11.8 Å². The van der Waals surface area contributed by atoms with Crippen LogP contribution in [0.15, 0.2) is 24.7 Å². The van der Waals surface area contributed by atoms with Crippen molar-refractivity contribution in [3.63, 3.8) is 0 Å². The highest BCUT2D eigenvalue weighted by molar-refractivity contribution is 5.59. The third-order valence-electron chi connectivity index (χ3n) is 2.29. The first-order chi connectivity index (χ1) is 9.41. The second-order valence-electron chi connectivity index (χ2n) is 3.68. The van der Waals surface area contributed by atoms with Gasteiger partial charge in [0.25, 0.3) is 0 Å². The highest BCUT2D eigenvalue weighted by Crippen LogP contribution is 2.33. The molecule has 2 rings (SSSR count). The maximum Gasteiger partial charge on any atom is 0.437 e. The Labute approximate surface area is 110 Å². The summed E-state index contributed by atoms with van der Waals surface area (Å²) in [4.78, 5) is 10.5. The van der Waals surface area contributed by atoms with Crippen LogP contribution in [0.3, 0.4) is 0 Å². The van der Waals surface area contributed by atoms with Gasteiger partial charge in [0.1, 0.15) is 12.5 Å². The fraction of sp³-hybridized carbons (Fsp3) is 0.182. The van der Waals surface area contributed by atoms with Crippen molar-refractivity contribution in [3.8, 4) is 11.3 Å². The van der Waals surface area contributed by atoms with Crippen molar-refractivity contribution < 1.29 is 22.7 Å². The molecule has 2 heterocycles. The lowest BCUT2D eigenvalue weighted by atomic mass is 10.2.